The topological polar surface area (TPSA) is 400 Å². The van der Waals surface area contributed by atoms with Gasteiger partial charge in [-0.3, -0.25) is 70.3 Å². The molecule has 0 unspecified atom stereocenters. The zero-order chi connectivity index (χ0) is 72.6. The number of nitrogens with one attached hydrogen (secondary N) is 4. The van der Waals surface area contributed by atoms with Crippen LogP contribution in [0.4, 0.5) is 23.8 Å². The molecule has 35 heteroatoms. The SMILES string of the molecule is Cc1nc(NC(=O)c2nc(-c3cccnc3)cs2)nc(-c2ccccn2)n1.Cc1nc(NC(=O)c2nc(-c3ccncc3)cs2)nc(-c2ccccn2)n1.Cc1nc(NC(=O)c2nc3cc(Cl)ccc3s2)nc(-c2ccccn2)n1.Cc1nc(NC(=O)c2nc3ccccc3s2)nc(-c2ccccn2)n1. The predicted molar refractivity (Wildman–Crippen MR) is 398 cm³/mol. The van der Waals surface area contributed by atoms with Crippen LogP contribution < -0.4 is 21.3 Å². The van der Waals surface area contributed by atoms with E-state index in [-0.39, 0.29) is 47.4 Å². The van der Waals surface area contributed by atoms with Crippen molar-refractivity contribution in [3.05, 3.63) is 248 Å². The molecule has 0 bridgehead atoms. The summed E-state index contributed by atoms with van der Waals surface area (Å²) in [6, 6.07) is 42.1. The Balaban J connectivity index is 0.000000124. The summed E-state index contributed by atoms with van der Waals surface area (Å²) >= 11 is 11.0. The zero-order valence-corrected chi connectivity index (χ0v) is 59.1. The highest BCUT2D eigenvalue weighted by Gasteiger charge is 2.21. The summed E-state index contributed by atoms with van der Waals surface area (Å²) in [6.45, 7) is 6.92. The van der Waals surface area contributed by atoms with Gasteiger partial charge >= 0.3 is 0 Å². The molecule has 14 heterocycles. The van der Waals surface area contributed by atoms with Crippen molar-refractivity contribution in [3.63, 3.8) is 0 Å². The van der Waals surface area contributed by atoms with E-state index in [1.165, 1.54) is 45.3 Å². The van der Waals surface area contributed by atoms with Crippen LogP contribution in [0.2, 0.25) is 5.02 Å². The van der Waals surface area contributed by atoms with Crippen LogP contribution in [0, 0.1) is 27.7 Å². The summed E-state index contributed by atoms with van der Waals surface area (Å²) in [5, 5.41) is 16.2. The zero-order valence-electron chi connectivity index (χ0n) is 55.0. The number of amides is 4. The molecule has 0 atom stereocenters. The van der Waals surface area contributed by atoms with Crippen molar-refractivity contribution >= 4 is 125 Å². The summed E-state index contributed by atoms with van der Waals surface area (Å²) in [7, 11) is 0. The first-order valence-corrected chi connectivity index (χ1v) is 34.9. The number of aromatic nitrogens is 22. The van der Waals surface area contributed by atoms with Crippen molar-refractivity contribution in [1.29, 1.82) is 0 Å². The predicted octanol–water partition coefficient (Wildman–Crippen LogP) is 12.9. The molecule has 0 fully saturated rings. The van der Waals surface area contributed by atoms with Crippen LogP contribution in [-0.4, -0.2) is 133 Å². The van der Waals surface area contributed by atoms with Crippen molar-refractivity contribution in [2.75, 3.05) is 21.3 Å². The van der Waals surface area contributed by atoms with Crippen LogP contribution in [0.3, 0.4) is 0 Å². The number of fused-ring (bicyclic) bond motifs is 2. The molecule has 0 aliphatic carbocycles. The Kier molecular flexibility index (Phi) is 22.0. The summed E-state index contributed by atoms with van der Waals surface area (Å²) < 4.78 is 1.83. The van der Waals surface area contributed by atoms with Gasteiger partial charge in [0.15, 0.2) is 43.3 Å². The summed E-state index contributed by atoms with van der Waals surface area (Å²) in [5.41, 5.74) is 7.04. The van der Waals surface area contributed by atoms with E-state index >= 15 is 0 Å². The molecule has 0 aliphatic rings. The second-order valence-corrected chi connectivity index (χ2v) is 25.7. The number of pyridine rings is 6. The van der Waals surface area contributed by atoms with Gasteiger partial charge in [-0.05, 0) is 131 Å². The first kappa shape index (κ1) is 70.0. The van der Waals surface area contributed by atoms with E-state index in [2.05, 4.69) is 131 Å². The molecule has 0 radical (unpaired) electrons. The van der Waals surface area contributed by atoms with Gasteiger partial charge in [0.05, 0.1) is 31.8 Å². The van der Waals surface area contributed by atoms with Crippen molar-refractivity contribution in [2.45, 2.75) is 27.7 Å². The average molecular weight is 1480 g/mol. The Morgan fingerprint density at radius 3 is 1.11 bits per heavy atom. The molecule has 16 rings (SSSR count). The van der Waals surface area contributed by atoms with Gasteiger partial charge in [0.2, 0.25) is 23.8 Å². The molecular formula is C70H49ClN26O4S4. The highest BCUT2D eigenvalue weighted by Crippen LogP contribution is 2.28. The van der Waals surface area contributed by atoms with Crippen LogP contribution in [-0.2, 0) is 0 Å². The van der Waals surface area contributed by atoms with Crippen LogP contribution in [0.1, 0.15) is 62.5 Å². The number of hydrogen-bond donors (Lipinski definition) is 4. The van der Waals surface area contributed by atoms with Crippen LogP contribution in [0.15, 0.2) is 200 Å². The lowest BCUT2D eigenvalue weighted by atomic mass is 10.2. The number of para-hydroxylation sites is 1. The molecule has 4 N–H and O–H groups in total. The molecule has 514 valence electrons. The second-order valence-electron chi connectivity index (χ2n) is 21.5. The smallest absolute Gasteiger partial charge is 0.287 e. The molecule has 0 saturated heterocycles. The van der Waals surface area contributed by atoms with E-state index in [0.717, 1.165) is 26.0 Å². The maximum Gasteiger partial charge on any atom is 0.287 e. The standard InChI is InChI=1S/2C18H13N7OS.C17H11ClN6OS.C17H12N6OS/c1-11-21-15(13-6-2-3-8-20-13)24-18(22-11)25-16(26)17-23-14(10-27-17)12-5-4-7-19-9-12;1-11-21-15(13-4-2-3-7-20-13)24-18(22-11)25-16(26)17-23-14(10-27-17)12-5-8-19-9-6-12;1-9-20-14(11-4-2-3-7-19-11)23-17(21-9)24-15(25)16-22-12-8-10(18)5-6-13(12)26-16;1-10-19-14(12-7-4-5-9-18-12)22-17(20-10)23-15(24)16-21-11-6-2-3-8-13(11)25-16/h2*2-10H,1H3,(H,21,22,24,25,26);2-8H,1H3,(H,20,21,23,24,25);2-9H,1H3,(H,19,20,22,23,24). The number of thiazole rings is 4. The number of aryl methyl sites for hydroxylation is 4. The molecule has 14 aromatic heterocycles. The Morgan fingerprint density at radius 1 is 0.324 bits per heavy atom. The number of anilines is 4. The summed E-state index contributed by atoms with van der Waals surface area (Å²) in [5.74, 6) is 2.69. The summed E-state index contributed by atoms with van der Waals surface area (Å²) in [6.07, 6.45) is 13.4. The number of benzene rings is 2. The van der Waals surface area contributed by atoms with Gasteiger partial charge in [0, 0.05) is 76.5 Å². The normalized spacial score (nSPS) is 10.7. The van der Waals surface area contributed by atoms with E-state index in [0.29, 0.717) is 111 Å². The van der Waals surface area contributed by atoms with E-state index in [1.807, 2.05) is 108 Å². The highest BCUT2D eigenvalue weighted by molar-refractivity contribution is 7.20. The van der Waals surface area contributed by atoms with Gasteiger partial charge in [-0.1, -0.05) is 48.0 Å². The fraction of sp³-hybridized carbons (Fsp3) is 0.0571. The number of carbonyl (C=O) groups excluding carboxylic acids is 4. The molecule has 0 saturated carbocycles. The minimum absolute atomic E-state index is 0.153. The molecular weight excluding hydrogens is 1430 g/mol. The van der Waals surface area contributed by atoms with Gasteiger partial charge < -0.3 is 0 Å². The highest BCUT2D eigenvalue weighted by atomic mass is 35.5. The van der Waals surface area contributed by atoms with Crippen molar-refractivity contribution in [1.82, 2.24) is 110 Å². The van der Waals surface area contributed by atoms with Gasteiger partial charge in [-0.25, -0.2) is 39.9 Å². The number of carbonyl (C=O) groups is 4. The van der Waals surface area contributed by atoms with E-state index in [4.69, 9.17) is 11.6 Å². The molecule has 0 spiro atoms. The first-order valence-electron chi connectivity index (χ1n) is 31.1. The molecule has 30 nitrogen and oxygen atoms in total. The third-order valence-corrected chi connectivity index (χ3v) is 17.8. The number of hydrogen-bond acceptors (Lipinski definition) is 30. The molecule has 4 amide bonds. The molecule has 0 aliphatic heterocycles. The largest absolute Gasteiger partial charge is 0.288 e. The van der Waals surface area contributed by atoms with E-state index in [1.54, 1.807) is 120 Å². The van der Waals surface area contributed by atoms with Crippen LogP contribution >= 0.6 is 56.9 Å². The third-order valence-electron chi connectivity index (χ3n) is 13.8. The lowest BCUT2D eigenvalue weighted by Crippen LogP contribution is -2.15. The minimum atomic E-state index is -0.389. The van der Waals surface area contributed by atoms with Gasteiger partial charge in [0.25, 0.3) is 23.6 Å². The Hall–Kier alpha value is -13.4. The van der Waals surface area contributed by atoms with Crippen molar-refractivity contribution in [2.24, 2.45) is 0 Å². The van der Waals surface area contributed by atoms with Crippen molar-refractivity contribution in [3.8, 4) is 68.6 Å². The van der Waals surface area contributed by atoms with Gasteiger partial charge in [0.1, 0.15) is 46.1 Å². The molecule has 2 aromatic carbocycles. The first-order chi connectivity index (χ1) is 51.1. The van der Waals surface area contributed by atoms with Crippen LogP contribution in [0.5, 0.6) is 0 Å². The van der Waals surface area contributed by atoms with E-state index < -0.39 is 0 Å². The second kappa shape index (κ2) is 32.9. The Morgan fingerprint density at radius 2 is 0.714 bits per heavy atom. The third kappa shape index (κ3) is 18.4. The number of rotatable bonds is 14. The maximum atomic E-state index is 12.5. The fourth-order valence-corrected chi connectivity index (χ4v) is 12.5. The number of nitrogens with zero attached hydrogens (tertiary/aromatic N) is 22. The molecule has 16 aromatic rings. The van der Waals surface area contributed by atoms with Crippen LogP contribution in [0.25, 0.3) is 89.0 Å². The van der Waals surface area contributed by atoms with E-state index in [9.17, 15) is 19.2 Å². The Bertz CT molecular complexity index is 5550. The maximum absolute atomic E-state index is 12.5. The lowest BCUT2D eigenvalue weighted by Gasteiger charge is -2.05. The molecule has 105 heavy (non-hydrogen) atoms. The quantitative estimate of drug-likeness (QED) is 0.0785. The Labute approximate surface area is 615 Å². The average Bonchev–Trinajstić information content (AvgIpc) is 1.80. The summed E-state index contributed by atoms with van der Waals surface area (Å²) in [4.78, 5) is 143. The lowest BCUT2D eigenvalue weighted by molar-refractivity contribution is 0.101. The fourth-order valence-electron chi connectivity index (χ4n) is 9.23. The van der Waals surface area contributed by atoms with Crippen molar-refractivity contribution < 1.29 is 19.2 Å². The van der Waals surface area contributed by atoms with Gasteiger partial charge in [-0.15, -0.1) is 45.3 Å². The minimum Gasteiger partial charge on any atom is -0.288 e. The van der Waals surface area contributed by atoms with Gasteiger partial charge in [-0.2, -0.15) is 39.9 Å². The monoisotopic (exact) mass is 1480 g/mol. The number of halogens is 1.